The van der Waals surface area contributed by atoms with Crippen molar-refractivity contribution in [3.63, 3.8) is 0 Å². The third kappa shape index (κ3) is 5.27. The summed E-state index contributed by atoms with van der Waals surface area (Å²) < 4.78 is 2.03. The van der Waals surface area contributed by atoms with Gasteiger partial charge in [0.1, 0.15) is 13.1 Å². The van der Waals surface area contributed by atoms with Gasteiger partial charge in [-0.3, -0.25) is 0 Å². The number of quaternary nitrogens is 1. The smallest absolute Gasteiger partial charge is 0.210 e. The molecule has 3 rings (SSSR count). The van der Waals surface area contributed by atoms with Crippen molar-refractivity contribution in [3.8, 4) is 0 Å². The highest BCUT2D eigenvalue weighted by atomic mass is 35.5. The number of nitrogens with zero attached hydrogens (tertiary/aromatic N) is 4. The highest BCUT2D eigenvalue weighted by Crippen LogP contribution is 2.25. The number of halogens is 1. The molecule has 0 aliphatic rings. The molecule has 2 aromatic carbocycles. The van der Waals surface area contributed by atoms with E-state index >= 15 is 0 Å². The monoisotopic (exact) mass is 426 g/mol. The molecule has 0 amide bonds. The van der Waals surface area contributed by atoms with Crippen molar-refractivity contribution >= 4 is 11.6 Å². The number of rotatable bonds is 9. The Morgan fingerprint density at radius 1 is 0.967 bits per heavy atom. The molecule has 6 heteroatoms. The highest BCUT2D eigenvalue weighted by molar-refractivity contribution is 6.30. The van der Waals surface area contributed by atoms with Gasteiger partial charge in [-0.1, -0.05) is 74.8 Å². The molecule has 2 atom stereocenters. The third-order valence-electron chi connectivity index (χ3n) is 5.94. The second kappa shape index (κ2) is 9.71. The zero-order valence-corrected chi connectivity index (χ0v) is 19.4. The summed E-state index contributed by atoms with van der Waals surface area (Å²) in [6.07, 6.45) is 0.959. The van der Waals surface area contributed by atoms with E-state index in [0.717, 1.165) is 30.4 Å². The van der Waals surface area contributed by atoms with Gasteiger partial charge in [-0.05, 0) is 42.8 Å². The van der Waals surface area contributed by atoms with E-state index < -0.39 is 0 Å². The number of nitrogens with one attached hydrogen (secondary N) is 1. The summed E-state index contributed by atoms with van der Waals surface area (Å²) in [7, 11) is 0. The molecule has 5 nitrogen and oxygen atoms in total. The average Bonchev–Trinajstić information content (AvgIpc) is 3.20. The summed E-state index contributed by atoms with van der Waals surface area (Å²) in [6.45, 7) is 12.9. The molecular weight excluding hydrogens is 394 g/mol. The Balaban J connectivity index is 2.02. The molecule has 0 spiro atoms. The predicted octanol–water partition coefficient (Wildman–Crippen LogP) is 4.45. The minimum Gasteiger partial charge on any atom is -0.318 e. The van der Waals surface area contributed by atoms with Crippen molar-refractivity contribution in [2.45, 2.75) is 65.7 Å². The Labute approximate surface area is 185 Å². The first kappa shape index (κ1) is 22.4. The van der Waals surface area contributed by atoms with Crippen molar-refractivity contribution in [1.82, 2.24) is 20.2 Å². The Morgan fingerprint density at radius 2 is 1.57 bits per heavy atom. The van der Waals surface area contributed by atoms with Crippen LogP contribution in [0.4, 0.5) is 0 Å². The molecule has 1 aromatic heterocycles. The lowest BCUT2D eigenvalue weighted by atomic mass is 9.97. The van der Waals surface area contributed by atoms with Gasteiger partial charge in [0.25, 0.3) is 0 Å². The van der Waals surface area contributed by atoms with Crippen LogP contribution in [0.5, 0.6) is 0 Å². The maximum Gasteiger partial charge on any atom is 0.210 e. The van der Waals surface area contributed by atoms with Crippen molar-refractivity contribution in [3.05, 3.63) is 76.6 Å². The molecule has 1 heterocycles. The normalized spacial score (nSPS) is 14.1. The Hall–Kier alpha value is -2.24. The lowest BCUT2D eigenvalue weighted by Crippen LogP contribution is -3.10. The van der Waals surface area contributed by atoms with E-state index in [-0.39, 0.29) is 11.6 Å². The second-order valence-corrected chi connectivity index (χ2v) is 9.40. The van der Waals surface area contributed by atoms with Crippen LogP contribution in [0.25, 0.3) is 0 Å². The molecule has 30 heavy (non-hydrogen) atoms. The summed E-state index contributed by atoms with van der Waals surface area (Å²) in [5.74, 6) is 1.32. The van der Waals surface area contributed by atoms with Gasteiger partial charge in [0.2, 0.25) is 5.82 Å². The van der Waals surface area contributed by atoms with Gasteiger partial charge < -0.3 is 4.90 Å². The van der Waals surface area contributed by atoms with Crippen LogP contribution < -0.4 is 4.90 Å². The first-order chi connectivity index (χ1) is 14.3. The van der Waals surface area contributed by atoms with E-state index in [1.807, 2.05) is 16.8 Å². The fourth-order valence-electron chi connectivity index (χ4n) is 3.93. The minimum atomic E-state index is -0.135. The van der Waals surface area contributed by atoms with E-state index in [2.05, 4.69) is 92.6 Å². The minimum absolute atomic E-state index is 0.135. The van der Waals surface area contributed by atoms with Gasteiger partial charge in [-0.15, -0.1) is 5.10 Å². The van der Waals surface area contributed by atoms with Crippen LogP contribution in [0.15, 0.2) is 54.6 Å². The first-order valence-electron chi connectivity index (χ1n) is 10.7. The zero-order chi connectivity index (χ0) is 21.7. The van der Waals surface area contributed by atoms with E-state index in [1.54, 1.807) is 0 Å². The van der Waals surface area contributed by atoms with Crippen LogP contribution in [0, 0.1) is 5.92 Å². The summed E-state index contributed by atoms with van der Waals surface area (Å²) in [5.41, 5.74) is 2.43. The SMILES string of the molecule is CCC(C)(C)n1nnnc1[C@@H](C(C)C)[NH+](Cc1ccccc1)Cc1ccc(Cl)cc1. The van der Waals surface area contributed by atoms with Gasteiger partial charge in [-0.2, -0.15) is 0 Å². The Kier molecular flexibility index (Phi) is 7.27. The predicted molar refractivity (Wildman–Crippen MR) is 121 cm³/mol. The summed E-state index contributed by atoms with van der Waals surface area (Å²) in [5, 5.41) is 13.8. The molecule has 0 bridgehead atoms. The van der Waals surface area contributed by atoms with Crippen LogP contribution in [0.1, 0.15) is 64.0 Å². The lowest BCUT2D eigenvalue weighted by Gasteiger charge is -2.33. The number of hydrogen-bond donors (Lipinski definition) is 1. The molecule has 1 N–H and O–H groups in total. The molecule has 1 unspecified atom stereocenters. The summed E-state index contributed by atoms with van der Waals surface area (Å²) in [6, 6.07) is 19.0. The van der Waals surface area contributed by atoms with E-state index in [9.17, 15) is 0 Å². The van der Waals surface area contributed by atoms with E-state index in [4.69, 9.17) is 11.6 Å². The first-order valence-corrected chi connectivity index (χ1v) is 11.1. The highest BCUT2D eigenvalue weighted by Gasteiger charge is 2.36. The van der Waals surface area contributed by atoms with E-state index in [1.165, 1.54) is 16.0 Å². The molecule has 3 aromatic rings. The number of tetrazole rings is 1. The molecular formula is C24H33ClN5+. The van der Waals surface area contributed by atoms with Crippen molar-refractivity contribution in [2.24, 2.45) is 5.92 Å². The average molecular weight is 427 g/mol. The zero-order valence-electron chi connectivity index (χ0n) is 18.6. The summed E-state index contributed by atoms with van der Waals surface area (Å²) in [4.78, 5) is 1.42. The number of benzene rings is 2. The molecule has 160 valence electrons. The Morgan fingerprint density at radius 3 is 2.13 bits per heavy atom. The van der Waals surface area contributed by atoms with Crippen LogP contribution in [0.3, 0.4) is 0 Å². The van der Waals surface area contributed by atoms with Gasteiger partial charge in [-0.25, -0.2) is 4.68 Å². The molecule has 0 saturated heterocycles. The van der Waals surface area contributed by atoms with Crippen molar-refractivity contribution in [1.29, 1.82) is 0 Å². The summed E-state index contributed by atoms with van der Waals surface area (Å²) >= 11 is 6.12. The molecule has 0 fully saturated rings. The Bertz CT molecular complexity index is 918. The van der Waals surface area contributed by atoms with Gasteiger partial charge in [0, 0.05) is 22.1 Å². The third-order valence-corrected chi connectivity index (χ3v) is 6.19. The van der Waals surface area contributed by atoms with Gasteiger partial charge in [0.15, 0.2) is 6.04 Å². The standard InChI is InChI=1S/C24H32ClN5/c1-6-24(4,5)30-23(26-27-28-30)22(18(2)3)29(16-19-10-8-7-9-11-19)17-20-12-14-21(25)15-13-20/h7-15,18,22H,6,16-17H2,1-5H3/p+1/t22-/m1/s1. The lowest BCUT2D eigenvalue weighted by molar-refractivity contribution is -0.962. The van der Waals surface area contributed by atoms with Gasteiger partial charge in [0.05, 0.1) is 5.54 Å². The van der Waals surface area contributed by atoms with Crippen LogP contribution in [-0.2, 0) is 18.6 Å². The van der Waals surface area contributed by atoms with Crippen molar-refractivity contribution < 1.29 is 4.90 Å². The van der Waals surface area contributed by atoms with Gasteiger partial charge >= 0.3 is 0 Å². The second-order valence-electron chi connectivity index (χ2n) is 8.96. The topological polar surface area (TPSA) is 48.0 Å². The van der Waals surface area contributed by atoms with Crippen LogP contribution >= 0.6 is 11.6 Å². The maximum absolute atomic E-state index is 6.12. The molecule has 0 aliphatic heterocycles. The van der Waals surface area contributed by atoms with Crippen LogP contribution in [-0.4, -0.2) is 20.2 Å². The molecule has 0 radical (unpaired) electrons. The fraction of sp³-hybridized carbons (Fsp3) is 0.458. The van der Waals surface area contributed by atoms with Crippen molar-refractivity contribution in [2.75, 3.05) is 0 Å². The number of aromatic nitrogens is 4. The molecule has 0 saturated carbocycles. The van der Waals surface area contributed by atoms with E-state index in [0.29, 0.717) is 5.92 Å². The molecule has 0 aliphatic carbocycles. The quantitative estimate of drug-likeness (QED) is 0.549. The fourth-order valence-corrected chi connectivity index (χ4v) is 4.05. The largest absolute Gasteiger partial charge is 0.318 e. The number of hydrogen-bond acceptors (Lipinski definition) is 3. The van der Waals surface area contributed by atoms with Crippen LogP contribution in [0.2, 0.25) is 5.02 Å². The maximum atomic E-state index is 6.12.